The SMILES string of the molecule is CCCNC(C)c1ccc(SCCSC(F)(F)F)cc1. The first-order valence-corrected chi connectivity index (χ1v) is 8.56. The predicted molar refractivity (Wildman–Crippen MR) is 82.4 cm³/mol. The molecule has 0 heterocycles. The van der Waals surface area contributed by atoms with E-state index in [0.29, 0.717) is 11.8 Å². The Labute approximate surface area is 127 Å². The molecule has 1 nitrogen and oxygen atoms in total. The zero-order valence-electron chi connectivity index (χ0n) is 11.7. The monoisotopic (exact) mass is 323 g/mol. The van der Waals surface area contributed by atoms with Crippen LogP contribution in [0.5, 0.6) is 0 Å². The van der Waals surface area contributed by atoms with Crippen LogP contribution in [0.1, 0.15) is 31.9 Å². The number of alkyl halides is 3. The van der Waals surface area contributed by atoms with E-state index < -0.39 is 5.51 Å². The quantitative estimate of drug-likeness (QED) is 0.528. The van der Waals surface area contributed by atoms with Gasteiger partial charge in [-0.3, -0.25) is 0 Å². The van der Waals surface area contributed by atoms with Crippen LogP contribution in [0.15, 0.2) is 29.2 Å². The van der Waals surface area contributed by atoms with Crippen LogP contribution in [0, 0.1) is 0 Å². The van der Waals surface area contributed by atoms with Gasteiger partial charge in [0.2, 0.25) is 0 Å². The number of hydrogen-bond donors (Lipinski definition) is 1. The summed E-state index contributed by atoms with van der Waals surface area (Å²) < 4.78 is 35.9. The van der Waals surface area contributed by atoms with Crippen LogP contribution in [0.25, 0.3) is 0 Å². The van der Waals surface area contributed by atoms with Gasteiger partial charge in [-0.15, -0.1) is 11.8 Å². The minimum Gasteiger partial charge on any atom is -0.310 e. The van der Waals surface area contributed by atoms with E-state index in [1.807, 2.05) is 24.3 Å². The van der Waals surface area contributed by atoms with E-state index in [1.54, 1.807) is 0 Å². The summed E-state index contributed by atoms with van der Waals surface area (Å²) in [6.45, 7) is 5.21. The van der Waals surface area contributed by atoms with Crippen molar-refractivity contribution in [2.24, 2.45) is 0 Å². The molecule has 0 saturated carbocycles. The summed E-state index contributed by atoms with van der Waals surface area (Å²) in [5, 5.41) is 3.40. The molecule has 0 spiro atoms. The molecule has 0 saturated heterocycles. The van der Waals surface area contributed by atoms with Crippen molar-refractivity contribution in [3.8, 4) is 0 Å². The Bertz CT molecular complexity index is 379. The number of rotatable bonds is 8. The van der Waals surface area contributed by atoms with E-state index in [0.717, 1.165) is 17.9 Å². The van der Waals surface area contributed by atoms with Crippen LogP contribution in [-0.4, -0.2) is 23.6 Å². The molecule has 0 amide bonds. The van der Waals surface area contributed by atoms with Crippen molar-refractivity contribution in [2.45, 2.75) is 36.7 Å². The van der Waals surface area contributed by atoms with Crippen LogP contribution in [0.2, 0.25) is 0 Å². The third kappa shape index (κ3) is 7.45. The topological polar surface area (TPSA) is 12.0 Å². The Morgan fingerprint density at radius 3 is 2.35 bits per heavy atom. The minimum absolute atomic E-state index is 0.0391. The van der Waals surface area contributed by atoms with Gasteiger partial charge in [0.1, 0.15) is 0 Å². The number of halogens is 3. The average molecular weight is 323 g/mol. The highest BCUT2D eigenvalue weighted by atomic mass is 32.2. The molecule has 1 atom stereocenters. The van der Waals surface area contributed by atoms with Gasteiger partial charge >= 0.3 is 5.51 Å². The summed E-state index contributed by atoms with van der Waals surface area (Å²) in [5.41, 5.74) is -2.92. The molecule has 0 fully saturated rings. The van der Waals surface area contributed by atoms with Crippen LogP contribution >= 0.6 is 23.5 Å². The molecule has 20 heavy (non-hydrogen) atoms. The molecule has 114 valence electrons. The molecule has 0 aliphatic rings. The fourth-order valence-electron chi connectivity index (χ4n) is 1.65. The van der Waals surface area contributed by atoms with Crippen molar-refractivity contribution in [1.29, 1.82) is 0 Å². The Morgan fingerprint density at radius 1 is 1.15 bits per heavy atom. The molecule has 0 aliphatic heterocycles. The van der Waals surface area contributed by atoms with Gasteiger partial charge in [0.25, 0.3) is 0 Å². The summed E-state index contributed by atoms with van der Waals surface area (Å²) in [5.74, 6) is 0.553. The van der Waals surface area contributed by atoms with Crippen molar-refractivity contribution in [3.63, 3.8) is 0 Å². The third-order valence-corrected chi connectivity index (χ3v) is 4.71. The van der Waals surface area contributed by atoms with Crippen LogP contribution in [0.3, 0.4) is 0 Å². The number of benzene rings is 1. The fourth-order valence-corrected chi connectivity index (χ4v) is 3.11. The maximum absolute atomic E-state index is 12.0. The van der Waals surface area contributed by atoms with E-state index >= 15 is 0 Å². The van der Waals surface area contributed by atoms with Crippen molar-refractivity contribution >= 4 is 23.5 Å². The molecule has 1 rings (SSSR count). The molecule has 0 radical (unpaired) electrons. The Balaban J connectivity index is 2.35. The van der Waals surface area contributed by atoms with Crippen LogP contribution in [-0.2, 0) is 0 Å². The zero-order valence-corrected chi connectivity index (χ0v) is 13.3. The maximum Gasteiger partial charge on any atom is 0.441 e. The molecule has 1 unspecified atom stereocenters. The first-order valence-electron chi connectivity index (χ1n) is 6.59. The molecule has 0 bridgehead atoms. The molecule has 0 aliphatic carbocycles. The van der Waals surface area contributed by atoms with Crippen molar-refractivity contribution < 1.29 is 13.2 Å². The van der Waals surface area contributed by atoms with Crippen LogP contribution in [0.4, 0.5) is 13.2 Å². The molecule has 1 aromatic rings. The molecule has 1 N–H and O–H groups in total. The minimum atomic E-state index is -4.12. The lowest BCUT2D eigenvalue weighted by atomic mass is 10.1. The number of hydrogen-bond acceptors (Lipinski definition) is 3. The Morgan fingerprint density at radius 2 is 1.80 bits per heavy atom. The highest BCUT2D eigenvalue weighted by Gasteiger charge is 2.27. The van der Waals surface area contributed by atoms with Gasteiger partial charge in [0.05, 0.1) is 0 Å². The third-order valence-electron chi connectivity index (χ3n) is 2.70. The molecular weight excluding hydrogens is 303 g/mol. The van der Waals surface area contributed by atoms with Crippen molar-refractivity contribution in [3.05, 3.63) is 29.8 Å². The van der Waals surface area contributed by atoms with Gasteiger partial charge in [-0.25, -0.2) is 0 Å². The molecule has 6 heteroatoms. The molecule has 1 aromatic carbocycles. The second kappa shape index (κ2) is 8.85. The van der Waals surface area contributed by atoms with E-state index in [2.05, 4.69) is 19.2 Å². The van der Waals surface area contributed by atoms with Gasteiger partial charge in [-0.2, -0.15) is 13.2 Å². The molecule has 0 aromatic heterocycles. The van der Waals surface area contributed by atoms with E-state index in [1.165, 1.54) is 17.3 Å². The number of nitrogens with one attached hydrogen (secondary N) is 1. The summed E-state index contributed by atoms with van der Waals surface area (Å²) in [6.07, 6.45) is 1.09. The van der Waals surface area contributed by atoms with E-state index in [9.17, 15) is 13.2 Å². The standard InChI is InChI=1S/C14H20F3NS2/c1-3-8-18-11(2)12-4-6-13(7-5-12)19-9-10-20-14(15,16)17/h4-7,11,18H,3,8-10H2,1-2H3. The van der Waals surface area contributed by atoms with Crippen molar-refractivity contribution in [1.82, 2.24) is 5.32 Å². The maximum atomic E-state index is 12.0. The smallest absolute Gasteiger partial charge is 0.310 e. The fraction of sp³-hybridized carbons (Fsp3) is 0.571. The first-order chi connectivity index (χ1) is 9.42. The van der Waals surface area contributed by atoms with Gasteiger partial charge < -0.3 is 5.32 Å². The average Bonchev–Trinajstić information content (AvgIpc) is 2.40. The van der Waals surface area contributed by atoms with Gasteiger partial charge in [0.15, 0.2) is 0 Å². The highest BCUT2D eigenvalue weighted by Crippen LogP contribution is 2.31. The normalized spacial score (nSPS) is 13.4. The van der Waals surface area contributed by atoms with E-state index in [-0.39, 0.29) is 17.5 Å². The first kappa shape index (κ1) is 17.7. The summed E-state index contributed by atoms with van der Waals surface area (Å²) in [6, 6.07) is 8.32. The lowest BCUT2D eigenvalue weighted by Gasteiger charge is -2.14. The lowest BCUT2D eigenvalue weighted by Crippen LogP contribution is -2.19. The summed E-state index contributed by atoms with van der Waals surface area (Å²) in [4.78, 5) is 1.01. The highest BCUT2D eigenvalue weighted by molar-refractivity contribution is 8.03. The largest absolute Gasteiger partial charge is 0.441 e. The van der Waals surface area contributed by atoms with Gasteiger partial charge in [-0.05, 0) is 37.6 Å². The van der Waals surface area contributed by atoms with E-state index in [4.69, 9.17) is 0 Å². The van der Waals surface area contributed by atoms with Crippen LogP contribution < -0.4 is 5.32 Å². The van der Waals surface area contributed by atoms with Crippen molar-refractivity contribution in [2.75, 3.05) is 18.1 Å². The summed E-state index contributed by atoms with van der Waals surface area (Å²) in [7, 11) is 0. The zero-order chi connectivity index (χ0) is 15.0. The summed E-state index contributed by atoms with van der Waals surface area (Å²) >= 11 is 1.50. The Hall–Kier alpha value is -0.330. The number of thioether (sulfide) groups is 2. The second-order valence-electron chi connectivity index (χ2n) is 4.39. The molecular formula is C14H20F3NS2. The Kier molecular flexibility index (Phi) is 7.84. The second-order valence-corrected chi connectivity index (χ2v) is 6.72. The van der Waals surface area contributed by atoms with Gasteiger partial charge in [-0.1, -0.05) is 30.8 Å². The predicted octanol–water partition coefficient (Wildman–Crippen LogP) is 5.09. The van der Waals surface area contributed by atoms with Gasteiger partial charge in [0, 0.05) is 22.4 Å². The lowest BCUT2D eigenvalue weighted by molar-refractivity contribution is -0.0326.